The summed E-state index contributed by atoms with van der Waals surface area (Å²) in [5.41, 5.74) is 0.830. The number of unbranched alkanes of at least 4 members (excludes halogenated alkanes) is 2. The summed E-state index contributed by atoms with van der Waals surface area (Å²) in [4.78, 5) is 35.3. The maximum Gasteiger partial charge on any atom is 0.333 e. The van der Waals surface area contributed by atoms with Crippen molar-refractivity contribution in [2.24, 2.45) is 5.92 Å². The van der Waals surface area contributed by atoms with E-state index < -0.39 is 0 Å². The van der Waals surface area contributed by atoms with Crippen LogP contribution in [0.3, 0.4) is 0 Å². The molecule has 0 aromatic heterocycles. The molecule has 0 radical (unpaired) electrons. The molecule has 0 N–H and O–H groups in total. The zero-order valence-electron chi connectivity index (χ0n) is 22.8. The van der Waals surface area contributed by atoms with Gasteiger partial charge in [-0.05, 0) is 90.9 Å². The molecular formula is C29H46O8. The highest BCUT2D eigenvalue weighted by Gasteiger charge is 2.31. The van der Waals surface area contributed by atoms with Crippen molar-refractivity contribution in [2.75, 3.05) is 26.4 Å². The second-order valence-corrected chi connectivity index (χ2v) is 10.3. The lowest BCUT2D eigenvalue weighted by Crippen LogP contribution is -2.33. The highest BCUT2D eigenvalue weighted by atomic mass is 16.5. The molecule has 0 spiro atoms. The van der Waals surface area contributed by atoms with Crippen LogP contribution in [0.25, 0.3) is 0 Å². The smallest absolute Gasteiger partial charge is 0.333 e. The molecule has 0 aromatic carbocycles. The number of carbonyl (C=O) groups excluding carboxylic acids is 3. The van der Waals surface area contributed by atoms with Gasteiger partial charge in [0.2, 0.25) is 0 Å². The van der Waals surface area contributed by atoms with Crippen molar-refractivity contribution in [3.8, 4) is 0 Å². The Kier molecular flexibility index (Phi) is 14.5. The fraction of sp³-hybridized carbons (Fsp3) is 0.759. The maximum atomic E-state index is 12.7. The molecule has 2 saturated carbocycles. The summed E-state index contributed by atoms with van der Waals surface area (Å²) in [6.45, 7) is 12.5. The van der Waals surface area contributed by atoms with E-state index >= 15 is 0 Å². The van der Waals surface area contributed by atoms with Crippen LogP contribution in [0, 0.1) is 5.92 Å². The Morgan fingerprint density at radius 2 is 0.973 bits per heavy atom. The topological polar surface area (TPSA) is 97.4 Å². The van der Waals surface area contributed by atoms with E-state index in [1.807, 2.05) is 0 Å². The molecule has 0 saturated heterocycles. The third-order valence-electron chi connectivity index (χ3n) is 6.86. The molecule has 0 bridgehead atoms. The van der Waals surface area contributed by atoms with Crippen LogP contribution in [-0.4, -0.2) is 62.6 Å². The van der Waals surface area contributed by atoms with Crippen LogP contribution in [0.1, 0.15) is 90.9 Å². The second kappa shape index (κ2) is 17.3. The maximum absolute atomic E-state index is 12.7. The average Bonchev–Trinajstić information content (AvgIpc) is 2.88. The van der Waals surface area contributed by atoms with Gasteiger partial charge in [0, 0.05) is 24.4 Å². The first-order valence-electron chi connectivity index (χ1n) is 13.8. The lowest BCUT2D eigenvalue weighted by Gasteiger charge is -2.31. The summed E-state index contributed by atoms with van der Waals surface area (Å²) >= 11 is 0. The minimum atomic E-state index is -0.347. The normalized spacial score (nSPS) is 23.6. The van der Waals surface area contributed by atoms with E-state index in [1.165, 1.54) is 0 Å². The van der Waals surface area contributed by atoms with Crippen molar-refractivity contribution in [1.29, 1.82) is 0 Å². The minimum absolute atomic E-state index is 0.0122. The molecule has 0 aliphatic heterocycles. The first kappa shape index (κ1) is 31.0. The van der Waals surface area contributed by atoms with Gasteiger partial charge in [-0.2, -0.15) is 0 Å². The highest BCUT2D eigenvalue weighted by Crippen LogP contribution is 2.30. The Labute approximate surface area is 222 Å². The number of rotatable bonds is 16. The van der Waals surface area contributed by atoms with Crippen molar-refractivity contribution in [2.45, 2.75) is 109 Å². The Hall–Kier alpha value is -2.19. The van der Waals surface area contributed by atoms with Crippen LogP contribution in [0.4, 0.5) is 0 Å². The van der Waals surface area contributed by atoms with Gasteiger partial charge < -0.3 is 23.7 Å². The molecule has 0 heterocycles. The predicted octanol–water partition coefficient (Wildman–Crippen LogP) is 5.23. The summed E-state index contributed by atoms with van der Waals surface area (Å²) in [6, 6.07) is 0. The van der Waals surface area contributed by atoms with Crippen LogP contribution < -0.4 is 0 Å². The van der Waals surface area contributed by atoms with Gasteiger partial charge in [0.25, 0.3) is 0 Å². The standard InChI is InChI=1S/C29H46O8/c1-21(2)27(30)35-19-7-5-17-33-24-11-9-23(10-12-24)29(32)37-26-15-13-25(14-16-26)34-18-6-8-20-36-28(31)22(3)4/h23-26H,1,3,5-20H2,2,4H3. The molecule has 2 aliphatic carbocycles. The molecule has 0 atom stereocenters. The molecule has 2 aliphatic rings. The van der Waals surface area contributed by atoms with Crippen molar-refractivity contribution in [3.05, 3.63) is 24.3 Å². The highest BCUT2D eigenvalue weighted by molar-refractivity contribution is 5.87. The van der Waals surface area contributed by atoms with Crippen molar-refractivity contribution < 1.29 is 38.1 Å². The van der Waals surface area contributed by atoms with Gasteiger partial charge in [-0.15, -0.1) is 0 Å². The van der Waals surface area contributed by atoms with Gasteiger partial charge in [-0.3, -0.25) is 4.79 Å². The third kappa shape index (κ3) is 12.7. The zero-order valence-corrected chi connectivity index (χ0v) is 22.8. The summed E-state index contributed by atoms with van der Waals surface area (Å²) in [5.74, 6) is -0.789. The van der Waals surface area contributed by atoms with E-state index in [4.69, 9.17) is 23.7 Å². The van der Waals surface area contributed by atoms with Gasteiger partial charge in [-0.1, -0.05) is 13.2 Å². The Morgan fingerprint density at radius 1 is 0.595 bits per heavy atom. The molecule has 0 aromatic rings. The van der Waals surface area contributed by atoms with Crippen LogP contribution in [-0.2, 0) is 38.1 Å². The summed E-state index contributed by atoms with van der Waals surface area (Å²) in [7, 11) is 0. The molecule has 2 fully saturated rings. The fourth-order valence-corrected chi connectivity index (χ4v) is 4.53. The molecule has 0 amide bonds. The van der Waals surface area contributed by atoms with Crippen LogP contribution in [0.15, 0.2) is 24.3 Å². The van der Waals surface area contributed by atoms with Crippen molar-refractivity contribution in [3.63, 3.8) is 0 Å². The molecule has 210 valence electrons. The number of esters is 3. The average molecular weight is 523 g/mol. The lowest BCUT2D eigenvalue weighted by molar-refractivity contribution is -0.159. The quantitative estimate of drug-likeness (QED) is 0.118. The van der Waals surface area contributed by atoms with Crippen LogP contribution in [0.5, 0.6) is 0 Å². The van der Waals surface area contributed by atoms with Crippen molar-refractivity contribution >= 4 is 17.9 Å². The number of hydrogen-bond donors (Lipinski definition) is 0. The van der Waals surface area contributed by atoms with Gasteiger partial charge >= 0.3 is 17.9 Å². The molecule has 8 nitrogen and oxygen atoms in total. The van der Waals surface area contributed by atoms with Crippen molar-refractivity contribution in [1.82, 2.24) is 0 Å². The number of hydrogen-bond acceptors (Lipinski definition) is 8. The molecule has 2 rings (SSSR count). The predicted molar refractivity (Wildman–Crippen MR) is 140 cm³/mol. The fourth-order valence-electron chi connectivity index (χ4n) is 4.53. The molecule has 8 heteroatoms. The first-order chi connectivity index (χ1) is 17.8. The Morgan fingerprint density at radius 3 is 1.41 bits per heavy atom. The van der Waals surface area contributed by atoms with Crippen LogP contribution >= 0.6 is 0 Å². The molecule has 0 unspecified atom stereocenters. The lowest BCUT2D eigenvalue weighted by atomic mass is 9.87. The molecule has 37 heavy (non-hydrogen) atoms. The van der Waals surface area contributed by atoms with E-state index in [1.54, 1.807) is 13.8 Å². The number of ether oxygens (including phenoxy) is 5. The van der Waals surface area contributed by atoms with E-state index in [0.29, 0.717) is 37.6 Å². The first-order valence-corrected chi connectivity index (χ1v) is 13.8. The number of carbonyl (C=O) groups is 3. The largest absolute Gasteiger partial charge is 0.462 e. The van der Waals surface area contributed by atoms with Crippen LogP contribution in [0.2, 0.25) is 0 Å². The summed E-state index contributed by atoms with van der Waals surface area (Å²) in [6.07, 6.45) is 10.4. The monoisotopic (exact) mass is 522 g/mol. The Bertz CT molecular complexity index is 745. The van der Waals surface area contributed by atoms with Gasteiger partial charge in [-0.25, -0.2) is 9.59 Å². The minimum Gasteiger partial charge on any atom is -0.462 e. The van der Waals surface area contributed by atoms with Gasteiger partial charge in [0.1, 0.15) is 6.10 Å². The second-order valence-electron chi connectivity index (χ2n) is 10.3. The zero-order chi connectivity index (χ0) is 27.0. The van der Waals surface area contributed by atoms with Gasteiger partial charge in [0.15, 0.2) is 0 Å². The third-order valence-corrected chi connectivity index (χ3v) is 6.86. The van der Waals surface area contributed by atoms with E-state index in [2.05, 4.69) is 13.2 Å². The summed E-state index contributed by atoms with van der Waals surface area (Å²) in [5, 5.41) is 0. The van der Waals surface area contributed by atoms with E-state index in [0.717, 1.165) is 77.0 Å². The Balaban J connectivity index is 1.47. The SMILES string of the molecule is C=C(C)C(=O)OCCCCOC1CCC(OC(=O)C2CCC(OCCCCOC(=O)C(=C)C)CC2)CC1. The van der Waals surface area contributed by atoms with E-state index in [-0.39, 0.29) is 42.1 Å². The van der Waals surface area contributed by atoms with E-state index in [9.17, 15) is 14.4 Å². The van der Waals surface area contributed by atoms with Gasteiger partial charge in [0.05, 0.1) is 31.3 Å². The molecular weight excluding hydrogens is 476 g/mol. The summed E-state index contributed by atoms with van der Waals surface area (Å²) < 4.78 is 27.9.